The molecule has 1 spiro atoms. The van der Waals surface area contributed by atoms with Gasteiger partial charge in [0.05, 0.1) is 12.2 Å². The van der Waals surface area contributed by atoms with Gasteiger partial charge in [-0.1, -0.05) is 0 Å². The quantitative estimate of drug-likeness (QED) is 0.829. The first-order valence-electron chi connectivity index (χ1n) is 6.99. The molecule has 0 saturated carbocycles. The van der Waals surface area contributed by atoms with Crippen molar-refractivity contribution in [3.8, 4) is 0 Å². The number of nitrogens with zero attached hydrogens (tertiary/aromatic N) is 1. The number of anilines is 2. The Hall–Kier alpha value is -1.26. The second-order valence-electron chi connectivity index (χ2n) is 5.68. The molecular weight excluding hydrogens is 240 g/mol. The summed E-state index contributed by atoms with van der Waals surface area (Å²) in [5.74, 6) is 0. The third kappa shape index (κ3) is 2.55. The van der Waals surface area contributed by atoms with Crippen LogP contribution in [0.25, 0.3) is 0 Å². The van der Waals surface area contributed by atoms with Crippen LogP contribution in [-0.4, -0.2) is 38.5 Å². The van der Waals surface area contributed by atoms with Gasteiger partial charge in [0.2, 0.25) is 0 Å². The highest BCUT2D eigenvalue weighted by Gasteiger charge is 2.42. The van der Waals surface area contributed by atoms with E-state index in [0.717, 1.165) is 44.8 Å². The standard InChI is InChI=1S/C15H22N2O2/c1-17(13-4-2-12(16)3-5-13)14-6-8-19-15(10-14)7-9-18-11-15/h2-5,14H,6-11,16H2,1H3. The van der Waals surface area contributed by atoms with Gasteiger partial charge < -0.3 is 20.1 Å². The van der Waals surface area contributed by atoms with Crippen molar-refractivity contribution in [3.63, 3.8) is 0 Å². The lowest BCUT2D eigenvalue weighted by atomic mass is 9.89. The summed E-state index contributed by atoms with van der Waals surface area (Å²) in [6, 6.07) is 8.60. The van der Waals surface area contributed by atoms with Crippen LogP contribution in [0, 0.1) is 0 Å². The second-order valence-corrected chi connectivity index (χ2v) is 5.68. The molecule has 2 aliphatic rings. The van der Waals surface area contributed by atoms with Crippen molar-refractivity contribution in [1.82, 2.24) is 0 Å². The van der Waals surface area contributed by atoms with E-state index in [1.165, 1.54) is 5.69 Å². The van der Waals surface area contributed by atoms with E-state index in [9.17, 15) is 0 Å². The molecule has 4 heteroatoms. The van der Waals surface area contributed by atoms with Gasteiger partial charge in [0.25, 0.3) is 0 Å². The van der Waals surface area contributed by atoms with Crippen molar-refractivity contribution in [1.29, 1.82) is 0 Å². The molecule has 2 heterocycles. The lowest BCUT2D eigenvalue weighted by Gasteiger charge is -2.41. The third-order valence-corrected chi connectivity index (χ3v) is 4.38. The molecule has 2 unspecified atom stereocenters. The van der Waals surface area contributed by atoms with Gasteiger partial charge >= 0.3 is 0 Å². The third-order valence-electron chi connectivity index (χ3n) is 4.38. The van der Waals surface area contributed by atoms with Crippen LogP contribution >= 0.6 is 0 Å². The van der Waals surface area contributed by atoms with Gasteiger partial charge in [-0.05, 0) is 37.1 Å². The molecule has 2 N–H and O–H groups in total. The van der Waals surface area contributed by atoms with Crippen molar-refractivity contribution < 1.29 is 9.47 Å². The molecule has 1 aromatic carbocycles. The smallest absolute Gasteiger partial charge is 0.0956 e. The number of hydrogen-bond acceptors (Lipinski definition) is 4. The monoisotopic (exact) mass is 262 g/mol. The Morgan fingerprint density at radius 3 is 2.74 bits per heavy atom. The fourth-order valence-electron chi connectivity index (χ4n) is 3.12. The first-order valence-corrected chi connectivity index (χ1v) is 6.99. The van der Waals surface area contributed by atoms with Crippen LogP contribution in [0.4, 0.5) is 11.4 Å². The molecule has 1 aromatic rings. The first-order chi connectivity index (χ1) is 9.19. The van der Waals surface area contributed by atoms with Crippen LogP contribution in [0.1, 0.15) is 19.3 Å². The molecule has 3 rings (SSSR count). The Kier molecular flexibility index (Phi) is 3.37. The van der Waals surface area contributed by atoms with Crippen LogP contribution in [0.3, 0.4) is 0 Å². The minimum atomic E-state index is -0.0367. The zero-order valence-corrected chi connectivity index (χ0v) is 11.5. The van der Waals surface area contributed by atoms with Crippen LogP contribution in [-0.2, 0) is 9.47 Å². The Morgan fingerprint density at radius 1 is 1.26 bits per heavy atom. The van der Waals surface area contributed by atoms with Crippen molar-refractivity contribution in [2.24, 2.45) is 0 Å². The predicted octanol–water partition coefficient (Wildman–Crippen LogP) is 2.04. The van der Waals surface area contributed by atoms with Gasteiger partial charge in [-0.2, -0.15) is 0 Å². The SMILES string of the molecule is CN(c1ccc(N)cc1)C1CCOC2(CCOC2)C1. The fraction of sp³-hybridized carbons (Fsp3) is 0.600. The normalized spacial score (nSPS) is 30.7. The van der Waals surface area contributed by atoms with Crippen LogP contribution in [0.5, 0.6) is 0 Å². The lowest BCUT2D eigenvalue weighted by Crippen LogP contribution is -2.48. The molecule has 0 aromatic heterocycles. The first kappa shape index (κ1) is 12.8. The van der Waals surface area contributed by atoms with Crippen molar-refractivity contribution in [3.05, 3.63) is 24.3 Å². The number of benzene rings is 1. The highest BCUT2D eigenvalue weighted by atomic mass is 16.6. The molecule has 0 bridgehead atoms. The average molecular weight is 262 g/mol. The maximum Gasteiger partial charge on any atom is 0.0956 e. The zero-order chi connectivity index (χ0) is 13.3. The summed E-state index contributed by atoms with van der Waals surface area (Å²) in [5.41, 5.74) is 7.74. The molecule has 2 aliphatic heterocycles. The van der Waals surface area contributed by atoms with E-state index in [1.54, 1.807) is 0 Å². The molecule has 0 radical (unpaired) electrons. The van der Waals surface area contributed by atoms with E-state index in [0.29, 0.717) is 6.04 Å². The van der Waals surface area contributed by atoms with Gasteiger partial charge in [0, 0.05) is 44.1 Å². The largest absolute Gasteiger partial charge is 0.399 e. The van der Waals surface area contributed by atoms with Gasteiger partial charge in [0.15, 0.2) is 0 Å². The zero-order valence-electron chi connectivity index (χ0n) is 11.5. The Bertz CT molecular complexity index is 426. The average Bonchev–Trinajstić information content (AvgIpc) is 2.87. The van der Waals surface area contributed by atoms with Crippen LogP contribution in [0.2, 0.25) is 0 Å². The highest BCUT2D eigenvalue weighted by Crippen LogP contribution is 2.35. The van der Waals surface area contributed by atoms with E-state index in [4.69, 9.17) is 15.2 Å². The molecule has 104 valence electrons. The van der Waals surface area contributed by atoms with Gasteiger partial charge in [-0.15, -0.1) is 0 Å². The van der Waals surface area contributed by atoms with E-state index < -0.39 is 0 Å². The fourth-order valence-corrected chi connectivity index (χ4v) is 3.12. The molecule has 2 saturated heterocycles. The van der Waals surface area contributed by atoms with Crippen molar-refractivity contribution in [2.75, 3.05) is 37.5 Å². The topological polar surface area (TPSA) is 47.7 Å². The molecule has 0 amide bonds. The van der Waals surface area contributed by atoms with Gasteiger partial charge in [0.1, 0.15) is 0 Å². The van der Waals surface area contributed by atoms with Gasteiger partial charge in [-0.25, -0.2) is 0 Å². The number of hydrogen-bond donors (Lipinski definition) is 1. The molecule has 4 nitrogen and oxygen atoms in total. The summed E-state index contributed by atoms with van der Waals surface area (Å²) in [6.07, 6.45) is 3.15. The molecule has 19 heavy (non-hydrogen) atoms. The lowest BCUT2D eigenvalue weighted by molar-refractivity contribution is -0.0855. The summed E-state index contributed by atoms with van der Waals surface area (Å²) in [7, 11) is 2.16. The predicted molar refractivity (Wildman–Crippen MR) is 76.4 cm³/mol. The summed E-state index contributed by atoms with van der Waals surface area (Å²) >= 11 is 0. The van der Waals surface area contributed by atoms with Gasteiger partial charge in [-0.3, -0.25) is 0 Å². The van der Waals surface area contributed by atoms with E-state index >= 15 is 0 Å². The van der Waals surface area contributed by atoms with Crippen molar-refractivity contribution >= 4 is 11.4 Å². The number of nitrogen functional groups attached to an aromatic ring is 1. The maximum absolute atomic E-state index is 5.99. The Morgan fingerprint density at radius 2 is 2.05 bits per heavy atom. The summed E-state index contributed by atoms with van der Waals surface area (Å²) in [5, 5.41) is 0. The molecule has 2 atom stereocenters. The number of nitrogens with two attached hydrogens (primary N) is 1. The highest BCUT2D eigenvalue weighted by molar-refractivity contribution is 5.53. The summed E-state index contributed by atoms with van der Waals surface area (Å²) in [4.78, 5) is 2.35. The van der Waals surface area contributed by atoms with E-state index in [2.05, 4.69) is 24.1 Å². The molecular formula is C15H22N2O2. The van der Waals surface area contributed by atoms with Crippen LogP contribution in [0.15, 0.2) is 24.3 Å². The van der Waals surface area contributed by atoms with Crippen LogP contribution < -0.4 is 10.6 Å². The molecule has 2 fully saturated rings. The Labute approximate surface area is 114 Å². The number of ether oxygens (including phenoxy) is 2. The maximum atomic E-state index is 5.99. The second kappa shape index (κ2) is 5.02. The van der Waals surface area contributed by atoms with Crippen molar-refractivity contribution in [2.45, 2.75) is 30.9 Å². The molecule has 0 aliphatic carbocycles. The summed E-state index contributed by atoms with van der Waals surface area (Å²) < 4.78 is 11.5. The minimum absolute atomic E-state index is 0.0367. The van der Waals surface area contributed by atoms with E-state index in [1.807, 2.05) is 12.1 Å². The van der Waals surface area contributed by atoms with E-state index in [-0.39, 0.29) is 5.60 Å². The number of rotatable bonds is 2. The summed E-state index contributed by atoms with van der Waals surface area (Å²) in [6.45, 7) is 2.41. The minimum Gasteiger partial charge on any atom is -0.399 e. The Balaban J connectivity index is 1.72.